The lowest BCUT2D eigenvalue weighted by atomic mass is 9.72. The predicted octanol–water partition coefficient (Wildman–Crippen LogP) is 3.40. The van der Waals surface area contributed by atoms with Crippen molar-refractivity contribution in [1.82, 2.24) is 0 Å². The van der Waals surface area contributed by atoms with Crippen LogP contribution in [0.15, 0.2) is 28.7 Å². The minimum absolute atomic E-state index is 0.131. The van der Waals surface area contributed by atoms with Crippen LogP contribution in [0.1, 0.15) is 38.1 Å². The van der Waals surface area contributed by atoms with Crippen molar-refractivity contribution in [3.05, 3.63) is 34.3 Å². The van der Waals surface area contributed by atoms with Gasteiger partial charge in [-0.3, -0.25) is 14.4 Å². The molecule has 3 atom stereocenters. The first-order valence-electron chi connectivity index (χ1n) is 7.88. The highest BCUT2D eigenvalue weighted by atomic mass is 79.9. The Hall–Kier alpha value is -1.69. The Morgan fingerprint density at radius 2 is 1.88 bits per heavy atom. The first kappa shape index (κ1) is 18.6. The number of carbonyl (C=O) groups is 3. The third-order valence-electron chi connectivity index (χ3n) is 4.40. The van der Waals surface area contributed by atoms with Crippen LogP contribution < -0.4 is 0 Å². The number of ether oxygens (including phenoxy) is 2. The van der Waals surface area contributed by atoms with Gasteiger partial charge in [0.2, 0.25) is 0 Å². The van der Waals surface area contributed by atoms with E-state index in [0.717, 1.165) is 4.47 Å². The Balaban J connectivity index is 2.33. The summed E-state index contributed by atoms with van der Waals surface area (Å²) in [5, 5.41) is 0. The number of carbonyl (C=O) groups excluding carboxylic acids is 3. The minimum Gasteiger partial charge on any atom is -0.465 e. The van der Waals surface area contributed by atoms with E-state index in [-0.39, 0.29) is 12.4 Å². The van der Waals surface area contributed by atoms with Crippen LogP contribution in [-0.2, 0) is 19.1 Å². The molecule has 130 valence electrons. The van der Waals surface area contributed by atoms with E-state index in [1.807, 2.05) is 0 Å². The van der Waals surface area contributed by atoms with Gasteiger partial charge in [0.25, 0.3) is 0 Å². The summed E-state index contributed by atoms with van der Waals surface area (Å²) in [5.74, 6) is -3.61. The molecule has 2 rings (SSSR count). The van der Waals surface area contributed by atoms with Crippen molar-refractivity contribution in [2.24, 2.45) is 17.8 Å². The standard InChI is InChI=1S/C18H21BrO5/c1-5-23-16(21)13-14(18(3,4)24-17(13)22)10(2)15(20)11-6-8-12(19)9-7-11/h6-10,13-14H,5H2,1-4H3/t10-,13-,14-/m0/s1. The lowest BCUT2D eigenvalue weighted by molar-refractivity contribution is -0.157. The van der Waals surface area contributed by atoms with Crippen molar-refractivity contribution >= 4 is 33.7 Å². The van der Waals surface area contributed by atoms with E-state index in [1.54, 1.807) is 52.0 Å². The lowest BCUT2D eigenvalue weighted by Gasteiger charge is -2.30. The lowest BCUT2D eigenvalue weighted by Crippen LogP contribution is -2.41. The maximum Gasteiger partial charge on any atom is 0.321 e. The Bertz CT molecular complexity index is 650. The molecule has 1 aliphatic rings. The Morgan fingerprint density at radius 1 is 1.29 bits per heavy atom. The smallest absolute Gasteiger partial charge is 0.321 e. The quantitative estimate of drug-likeness (QED) is 0.433. The van der Waals surface area contributed by atoms with Gasteiger partial charge in [-0.1, -0.05) is 35.0 Å². The van der Waals surface area contributed by atoms with Gasteiger partial charge < -0.3 is 9.47 Å². The monoisotopic (exact) mass is 396 g/mol. The topological polar surface area (TPSA) is 69.7 Å². The molecule has 0 amide bonds. The van der Waals surface area contributed by atoms with E-state index in [2.05, 4.69) is 15.9 Å². The van der Waals surface area contributed by atoms with E-state index < -0.39 is 35.3 Å². The molecule has 0 unspecified atom stereocenters. The molecule has 0 spiro atoms. The van der Waals surface area contributed by atoms with Gasteiger partial charge in [-0.05, 0) is 32.9 Å². The van der Waals surface area contributed by atoms with Crippen molar-refractivity contribution < 1.29 is 23.9 Å². The molecule has 6 heteroatoms. The van der Waals surface area contributed by atoms with E-state index in [0.29, 0.717) is 5.56 Å². The molecule has 0 N–H and O–H groups in total. The van der Waals surface area contributed by atoms with E-state index in [9.17, 15) is 14.4 Å². The highest BCUT2D eigenvalue weighted by Gasteiger charge is 2.57. The molecular formula is C18H21BrO5. The van der Waals surface area contributed by atoms with Crippen molar-refractivity contribution in [2.45, 2.75) is 33.3 Å². The largest absolute Gasteiger partial charge is 0.465 e. The molecule has 1 heterocycles. The summed E-state index contributed by atoms with van der Waals surface area (Å²) in [4.78, 5) is 37.2. The Morgan fingerprint density at radius 3 is 2.42 bits per heavy atom. The molecule has 1 aliphatic heterocycles. The van der Waals surface area contributed by atoms with Crippen molar-refractivity contribution in [1.29, 1.82) is 0 Å². The van der Waals surface area contributed by atoms with Crippen LogP contribution in [0.25, 0.3) is 0 Å². The zero-order valence-electron chi connectivity index (χ0n) is 14.2. The number of hydrogen-bond donors (Lipinski definition) is 0. The van der Waals surface area contributed by atoms with Gasteiger partial charge in [0, 0.05) is 21.9 Å². The SMILES string of the molecule is CCOC(=O)[C@H]1C(=O)OC(C)(C)[C@H]1[C@H](C)C(=O)c1ccc(Br)cc1. The second kappa shape index (κ2) is 7.05. The van der Waals surface area contributed by atoms with Gasteiger partial charge in [0.1, 0.15) is 5.60 Å². The number of benzene rings is 1. The average Bonchev–Trinajstić information content (AvgIpc) is 2.75. The van der Waals surface area contributed by atoms with Crippen molar-refractivity contribution in [3.63, 3.8) is 0 Å². The van der Waals surface area contributed by atoms with Crippen LogP contribution in [0.4, 0.5) is 0 Å². The molecular weight excluding hydrogens is 376 g/mol. The fourth-order valence-corrected chi connectivity index (χ4v) is 3.61. The summed E-state index contributed by atoms with van der Waals surface area (Å²) in [6, 6.07) is 6.99. The molecule has 0 bridgehead atoms. The average molecular weight is 397 g/mol. The molecule has 0 aromatic heterocycles. The number of esters is 2. The van der Waals surface area contributed by atoms with E-state index >= 15 is 0 Å². The van der Waals surface area contributed by atoms with Gasteiger partial charge in [-0.2, -0.15) is 0 Å². The van der Waals surface area contributed by atoms with Crippen molar-refractivity contribution in [2.75, 3.05) is 6.61 Å². The fraction of sp³-hybridized carbons (Fsp3) is 0.500. The van der Waals surface area contributed by atoms with Crippen LogP contribution in [0.3, 0.4) is 0 Å². The third-order valence-corrected chi connectivity index (χ3v) is 4.93. The molecule has 1 saturated heterocycles. The number of hydrogen-bond acceptors (Lipinski definition) is 5. The van der Waals surface area contributed by atoms with Gasteiger partial charge in [-0.25, -0.2) is 0 Å². The number of Topliss-reactive ketones (excluding diaryl/α,β-unsaturated/α-hetero) is 1. The third kappa shape index (κ3) is 3.53. The van der Waals surface area contributed by atoms with Crippen LogP contribution in [0, 0.1) is 17.8 Å². The number of ketones is 1. The molecule has 0 aliphatic carbocycles. The van der Waals surface area contributed by atoms with Crippen LogP contribution >= 0.6 is 15.9 Å². The number of halogens is 1. The van der Waals surface area contributed by atoms with E-state index in [1.165, 1.54) is 0 Å². The highest BCUT2D eigenvalue weighted by Crippen LogP contribution is 2.43. The van der Waals surface area contributed by atoms with Crippen LogP contribution in [0.2, 0.25) is 0 Å². The van der Waals surface area contributed by atoms with Crippen LogP contribution in [0.5, 0.6) is 0 Å². The molecule has 1 aromatic carbocycles. The number of rotatable bonds is 5. The summed E-state index contributed by atoms with van der Waals surface area (Å²) >= 11 is 3.33. The zero-order chi connectivity index (χ0) is 18.1. The molecule has 0 saturated carbocycles. The summed E-state index contributed by atoms with van der Waals surface area (Å²) in [7, 11) is 0. The van der Waals surface area contributed by atoms with Gasteiger partial charge in [0.05, 0.1) is 6.61 Å². The normalized spacial score (nSPS) is 23.5. The molecule has 1 aromatic rings. The number of cyclic esters (lactones) is 1. The van der Waals surface area contributed by atoms with Crippen molar-refractivity contribution in [3.8, 4) is 0 Å². The Kier molecular flexibility index (Phi) is 5.48. The second-order valence-electron chi connectivity index (χ2n) is 6.44. The maximum absolute atomic E-state index is 12.8. The fourth-order valence-electron chi connectivity index (χ4n) is 3.34. The zero-order valence-corrected chi connectivity index (χ0v) is 15.8. The van der Waals surface area contributed by atoms with Crippen LogP contribution in [-0.4, -0.2) is 29.9 Å². The Labute approximate surface area is 149 Å². The second-order valence-corrected chi connectivity index (χ2v) is 7.36. The molecule has 1 fully saturated rings. The molecule has 0 radical (unpaired) electrons. The first-order valence-corrected chi connectivity index (χ1v) is 8.67. The summed E-state index contributed by atoms with van der Waals surface area (Å²) in [6.07, 6.45) is 0. The van der Waals surface area contributed by atoms with Gasteiger partial charge in [0.15, 0.2) is 11.7 Å². The highest BCUT2D eigenvalue weighted by molar-refractivity contribution is 9.10. The molecule has 5 nitrogen and oxygen atoms in total. The first-order chi connectivity index (χ1) is 11.2. The summed E-state index contributed by atoms with van der Waals surface area (Å²) in [6.45, 7) is 7.02. The van der Waals surface area contributed by atoms with E-state index in [4.69, 9.17) is 9.47 Å². The predicted molar refractivity (Wildman–Crippen MR) is 91.4 cm³/mol. The van der Waals surface area contributed by atoms with Gasteiger partial charge in [-0.15, -0.1) is 0 Å². The molecule has 24 heavy (non-hydrogen) atoms. The summed E-state index contributed by atoms with van der Waals surface area (Å²) < 4.78 is 11.3. The summed E-state index contributed by atoms with van der Waals surface area (Å²) in [5.41, 5.74) is -0.387. The van der Waals surface area contributed by atoms with Gasteiger partial charge >= 0.3 is 11.9 Å². The minimum atomic E-state index is -1.07. The maximum atomic E-state index is 12.8.